The second-order valence-corrected chi connectivity index (χ2v) is 4.65. The normalized spacial score (nSPS) is 18.8. The van der Waals surface area contributed by atoms with E-state index in [0.29, 0.717) is 0 Å². The predicted octanol–water partition coefficient (Wildman–Crippen LogP) is 2.00. The Hall–Kier alpha value is -1.09. The van der Waals surface area contributed by atoms with Gasteiger partial charge in [-0.25, -0.2) is 0 Å². The molecule has 0 aliphatic carbocycles. The lowest BCUT2D eigenvalue weighted by molar-refractivity contribution is 0.174. The van der Waals surface area contributed by atoms with Crippen LogP contribution in [0.2, 0.25) is 0 Å². The van der Waals surface area contributed by atoms with Crippen LogP contribution >= 0.6 is 0 Å². The van der Waals surface area contributed by atoms with E-state index < -0.39 is 0 Å². The zero-order valence-electron chi connectivity index (χ0n) is 9.91. The van der Waals surface area contributed by atoms with Crippen LogP contribution in [0.1, 0.15) is 31.7 Å². The number of hydrogen-bond donors (Lipinski definition) is 1. The first kappa shape index (κ1) is 11.4. The highest BCUT2D eigenvalue weighted by atomic mass is 16.1. The molecule has 0 aromatic carbocycles. The summed E-state index contributed by atoms with van der Waals surface area (Å²) in [5, 5.41) is 0. The first-order valence-electron chi connectivity index (χ1n) is 6.18. The van der Waals surface area contributed by atoms with Crippen LogP contribution in [0.25, 0.3) is 0 Å². The Labute approximate surface area is 96.5 Å². The Morgan fingerprint density at radius 1 is 1.44 bits per heavy atom. The van der Waals surface area contributed by atoms with Gasteiger partial charge in [-0.15, -0.1) is 0 Å². The molecular formula is C13H20N2O. The van der Waals surface area contributed by atoms with E-state index in [2.05, 4.69) is 16.8 Å². The molecule has 1 fully saturated rings. The summed E-state index contributed by atoms with van der Waals surface area (Å²) in [6, 6.07) is 3.82. The Morgan fingerprint density at radius 2 is 2.19 bits per heavy atom. The number of piperidine rings is 1. The molecule has 2 rings (SSSR count). The number of H-pyrrole nitrogens is 1. The van der Waals surface area contributed by atoms with Gasteiger partial charge in [0.25, 0.3) is 5.56 Å². The third kappa shape index (κ3) is 2.73. The van der Waals surface area contributed by atoms with Gasteiger partial charge in [0.15, 0.2) is 0 Å². The molecule has 3 nitrogen and oxygen atoms in total. The molecule has 0 unspecified atom stereocenters. The van der Waals surface area contributed by atoms with Crippen molar-refractivity contribution >= 4 is 0 Å². The van der Waals surface area contributed by atoms with E-state index in [-0.39, 0.29) is 5.56 Å². The van der Waals surface area contributed by atoms with Crippen molar-refractivity contribution in [3.8, 4) is 0 Å². The van der Waals surface area contributed by atoms with E-state index in [1.54, 1.807) is 6.20 Å². The monoisotopic (exact) mass is 220 g/mol. The average molecular weight is 220 g/mol. The number of aromatic nitrogens is 1. The standard InChI is InChI=1S/C13H20N2O/c1-2-11-5-8-15(9-6-11)10-12-4-3-7-14-13(12)16/h3-4,7,11H,2,5-6,8-10H2,1H3,(H,14,16). The van der Waals surface area contributed by atoms with Crippen LogP contribution < -0.4 is 5.56 Å². The van der Waals surface area contributed by atoms with Crippen molar-refractivity contribution in [3.05, 3.63) is 34.2 Å². The summed E-state index contributed by atoms with van der Waals surface area (Å²) < 4.78 is 0. The van der Waals surface area contributed by atoms with Gasteiger partial charge < -0.3 is 4.98 Å². The van der Waals surface area contributed by atoms with Crippen LogP contribution in [-0.4, -0.2) is 23.0 Å². The second kappa shape index (κ2) is 5.30. The van der Waals surface area contributed by atoms with Gasteiger partial charge in [-0.2, -0.15) is 0 Å². The molecule has 0 radical (unpaired) electrons. The van der Waals surface area contributed by atoms with E-state index in [9.17, 15) is 4.79 Å². The summed E-state index contributed by atoms with van der Waals surface area (Å²) in [5.74, 6) is 0.894. The number of hydrogen-bond acceptors (Lipinski definition) is 2. The summed E-state index contributed by atoms with van der Waals surface area (Å²) in [6.45, 7) is 5.33. The maximum atomic E-state index is 11.5. The van der Waals surface area contributed by atoms with Crippen molar-refractivity contribution in [2.75, 3.05) is 13.1 Å². The third-order valence-corrected chi connectivity index (χ3v) is 3.58. The van der Waals surface area contributed by atoms with Crippen molar-refractivity contribution in [2.45, 2.75) is 32.7 Å². The molecule has 1 aromatic rings. The maximum Gasteiger partial charge on any atom is 0.252 e. The fraction of sp³-hybridized carbons (Fsp3) is 0.615. The summed E-state index contributed by atoms with van der Waals surface area (Å²) in [4.78, 5) is 16.6. The molecule has 0 amide bonds. The van der Waals surface area contributed by atoms with E-state index in [4.69, 9.17) is 0 Å². The molecule has 1 aliphatic heterocycles. The highest BCUT2D eigenvalue weighted by Crippen LogP contribution is 2.20. The summed E-state index contributed by atoms with van der Waals surface area (Å²) in [5.41, 5.74) is 0.942. The average Bonchev–Trinajstić information content (AvgIpc) is 2.33. The van der Waals surface area contributed by atoms with Crippen LogP contribution in [0.15, 0.2) is 23.1 Å². The van der Waals surface area contributed by atoms with Crippen LogP contribution in [0.4, 0.5) is 0 Å². The van der Waals surface area contributed by atoms with Crippen molar-refractivity contribution in [1.82, 2.24) is 9.88 Å². The molecule has 0 atom stereocenters. The van der Waals surface area contributed by atoms with Crippen LogP contribution in [0.3, 0.4) is 0 Å². The first-order valence-corrected chi connectivity index (χ1v) is 6.18. The van der Waals surface area contributed by atoms with Gasteiger partial charge in [-0.3, -0.25) is 9.69 Å². The molecule has 3 heteroatoms. The minimum atomic E-state index is 0.0557. The van der Waals surface area contributed by atoms with Crippen molar-refractivity contribution in [2.24, 2.45) is 5.92 Å². The zero-order valence-corrected chi connectivity index (χ0v) is 9.91. The lowest BCUT2D eigenvalue weighted by Gasteiger charge is -2.31. The highest BCUT2D eigenvalue weighted by Gasteiger charge is 2.18. The Balaban J connectivity index is 1.92. The van der Waals surface area contributed by atoms with Gasteiger partial charge in [0.2, 0.25) is 0 Å². The minimum absolute atomic E-state index is 0.0557. The van der Waals surface area contributed by atoms with E-state index in [1.807, 2.05) is 12.1 Å². The van der Waals surface area contributed by atoms with Gasteiger partial charge in [-0.05, 0) is 37.9 Å². The second-order valence-electron chi connectivity index (χ2n) is 4.65. The minimum Gasteiger partial charge on any atom is -0.329 e. The quantitative estimate of drug-likeness (QED) is 0.845. The predicted molar refractivity (Wildman–Crippen MR) is 65.4 cm³/mol. The summed E-state index contributed by atoms with van der Waals surface area (Å²) in [6.07, 6.45) is 5.54. The highest BCUT2D eigenvalue weighted by molar-refractivity contribution is 5.08. The third-order valence-electron chi connectivity index (χ3n) is 3.58. The number of likely N-dealkylation sites (tertiary alicyclic amines) is 1. The van der Waals surface area contributed by atoms with Crippen molar-refractivity contribution < 1.29 is 0 Å². The number of rotatable bonds is 3. The molecule has 1 aliphatic rings. The van der Waals surface area contributed by atoms with Gasteiger partial charge in [-0.1, -0.05) is 19.4 Å². The first-order chi connectivity index (χ1) is 7.79. The Bertz CT molecular complexity index is 378. The molecule has 0 saturated carbocycles. The van der Waals surface area contributed by atoms with E-state index in [1.165, 1.54) is 19.3 Å². The van der Waals surface area contributed by atoms with Crippen LogP contribution in [0, 0.1) is 5.92 Å². The van der Waals surface area contributed by atoms with Crippen LogP contribution in [-0.2, 0) is 6.54 Å². The topological polar surface area (TPSA) is 36.1 Å². The fourth-order valence-corrected chi connectivity index (χ4v) is 2.37. The van der Waals surface area contributed by atoms with Crippen LogP contribution in [0.5, 0.6) is 0 Å². The number of nitrogens with one attached hydrogen (secondary N) is 1. The summed E-state index contributed by atoms with van der Waals surface area (Å²) >= 11 is 0. The lowest BCUT2D eigenvalue weighted by Crippen LogP contribution is -2.34. The molecule has 1 saturated heterocycles. The van der Waals surface area contributed by atoms with Crippen molar-refractivity contribution in [1.29, 1.82) is 0 Å². The fourth-order valence-electron chi connectivity index (χ4n) is 2.37. The molecule has 0 bridgehead atoms. The molecule has 88 valence electrons. The number of aromatic amines is 1. The molecule has 0 spiro atoms. The smallest absolute Gasteiger partial charge is 0.252 e. The number of pyridine rings is 1. The van der Waals surface area contributed by atoms with Gasteiger partial charge >= 0.3 is 0 Å². The molecular weight excluding hydrogens is 200 g/mol. The largest absolute Gasteiger partial charge is 0.329 e. The zero-order chi connectivity index (χ0) is 11.4. The van der Waals surface area contributed by atoms with Crippen molar-refractivity contribution in [3.63, 3.8) is 0 Å². The van der Waals surface area contributed by atoms with E-state index >= 15 is 0 Å². The van der Waals surface area contributed by atoms with Gasteiger partial charge in [0, 0.05) is 18.3 Å². The lowest BCUT2D eigenvalue weighted by atomic mass is 9.94. The number of nitrogens with zero attached hydrogens (tertiary/aromatic N) is 1. The molecule has 16 heavy (non-hydrogen) atoms. The Morgan fingerprint density at radius 3 is 2.81 bits per heavy atom. The molecule has 1 N–H and O–H groups in total. The van der Waals surface area contributed by atoms with Gasteiger partial charge in [0.1, 0.15) is 0 Å². The summed E-state index contributed by atoms with van der Waals surface area (Å²) in [7, 11) is 0. The SMILES string of the molecule is CCC1CCN(Cc2ccc[nH]c2=O)CC1. The van der Waals surface area contributed by atoms with E-state index in [0.717, 1.165) is 31.1 Å². The maximum absolute atomic E-state index is 11.5. The molecule has 2 heterocycles. The Kier molecular flexibility index (Phi) is 3.78. The van der Waals surface area contributed by atoms with Gasteiger partial charge in [0.05, 0.1) is 0 Å². The molecule has 1 aromatic heterocycles.